The lowest BCUT2D eigenvalue weighted by Gasteiger charge is -2.28. The van der Waals surface area contributed by atoms with Gasteiger partial charge in [-0.3, -0.25) is 4.79 Å². The van der Waals surface area contributed by atoms with E-state index in [0.29, 0.717) is 43.1 Å². The quantitative estimate of drug-likeness (QED) is 0.702. The molecule has 0 saturated carbocycles. The van der Waals surface area contributed by atoms with E-state index < -0.39 is 0 Å². The molecule has 84 valence electrons. The first-order valence-corrected chi connectivity index (χ1v) is 5.28. The number of Topliss-reactive ketones (excluding diaryl/α,β-unsaturated/α-hetero) is 1. The first-order chi connectivity index (χ1) is 7.72. The third-order valence-electron chi connectivity index (χ3n) is 2.61. The van der Waals surface area contributed by atoms with Crippen LogP contribution in [0.25, 0.3) is 0 Å². The molecule has 1 aromatic heterocycles. The molecule has 5 heteroatoms. The monoisotopic (exact) mass is 219 g/mol. The number of ketones is 1. The van der Waals surface area contributed by atoms with Gasteiger partial charge in [0.05, 0.1) is 5.56 Å². The molecule has 5 nitrogen and oxygen atoms in total. The van der Waals surface area contributed by atoms with Crippen molar-refractivity contribution in [2.75, 3.05) is 18.0 Å². The number of carbonyl (C=O) groups excluding carboxylic acids is 2. The van der Waals surface area contributed by atoms with Gasteiger partial charge in [-0.25, -0.2) is 9.97 Å². The van der Waals surface area contributed by atoms with Crippen LogP contribution in [-0.4, -0.2) is 35.1 Å². The van der Waals surface area contributed by atoms with E-state index >= 15 is 0 Å². The smallest absolute Gasteiger partial charge is 0.169 e. The Morgan fingerprint density at radius 3 is 3.12 bits per heavy atom. The second kappa shape index (κ2) is 4.38. The zero-order chi connectivity index (χ0) is 11.5. The molecule has 0 bridgehead atoms. The van der Waals surface area contributed by atoms with Crippen molar-refractivity contribution < 1.29 is 9.59 Å². The second-order valence-electron chi connectivity index (χ2n) is 3.77. The normalized spacial score (nSPS) is 14.8. The Labute approximate surface area is 93.5 Å². The molecule has 2 heterocycles. The number of nitrogens with zero attached hydrogens (tertiary/aromatic N) is 3. The molecule has 0 atom stereocenters. The van der Waals surface area contributed by atoms with Gasteiger partial charge in [-0.1, -0.05) is 0 Å². The van der Waals surface area contributed by atoms with Gasteiger partial charge in [0.25, 0.3) is 0 Å². The maximum atomic E-state index is 11.6. The van der Waals surface area contributed by atoms with Crippen LogP contribution in [0.4, 0.5) is 5.82 Å². The minimum absolute atomic E-state index is 0.0809. The van der Waals surface area contributed by atoms with Gasteiger partial charge >= 0.3 is 0 Å². The van der Waals surface area contributed by atoms with E-state index in [-0.39, 0.29) is 5.78 Å². The lowest BCUT2D eigenvalue weighted by Crippen LogP contribution is -2.34. The number of aldehydes is 1. The first-order valence-electron chi connectivity index (χ1n) is 5.28. The Morgan fingerprint density at radius 1 is 1.56 bits per heavy atom. The Morgan fingerprint density at radius 2 is 2.38 bits per heavy atom. The van der Waals surface area contributed by atoms with Gasteiger partial charge in [-0.05, 0) is 6.92 Å². The number of aryl methyl sites for hydroxylation is 1. The van der Waals surface area contributed by atoms with Crippen LogP contribution in [0.15, 0.2) is 6.20 Å². The number of aromatic nitrogens is 2. The van der Waals surface area contributed by atoms with Gasteiger partial charge < -0.3 is 9.69 Å². The number of hydrogen-bond donors (Lipinski definition) is 0. The van der Waals surface area contributed by atoms with Crippen molar-refractivity contribution in [3.05, 3.63) is 17.6 Å². The van der Waals surface area contributed by atoms with Crippen LogP contribution in [0.1, 0.15) is 29.0 Å². The van der Waals surface area contributed by atoms with E-state index in [0.717, 1.165) is 6.29 Å². The fraction of sp³-hybridized carbons (Fsp3) is 0.455. The van der Waals surface area contributed by atoms with Crippen LogP contribution >= 0.6 is 0 Å². The Kier molecular flexibility index (Phi) is 2.94. The van der Waals surface area contributed by atoms with E-state index in [1.54, 1.807) is 13.1 Å². The highest BCUT2D eigenvalue weighted by molar-refractivity contribution is 6.02. The average Bonchev–Trinajstić information content (AvgIpc) is 2.28. The van der Waals surface area contributed by atoms with Gasteiger partial charge in [-0.15, -0.1) is 0 Å². The summed E-state index contributed by atoms with van der Waals surface area (Å²) in [5.74, 6) is 1.40. The summed E-state index contributed by atoms with van der Waals surface area (Å²) >= 11 is 0. The molecular weight excluding hydrogens is 206 g/mol. The predicted octanol–water partition coefficient (Wildman–Crippen LogP) is 0.767. The fourth-order valence-electron chi connectivity index (χ4n) is 1.80. The van der Waals surface area contributed by atoms with Crippen molar-refractivity contribution >= 4 is 17.9 Å². The number of anilines is 1. The van der Waals surface area contributed by atoms with Crippen LogP contribution in [0.5, 0.6) is 0 Å². The Bertz CT molecular complexity index is 431. The summed E-state index contributed by atoms with van der Waals surface area (Å²) < 4.78 is 0. The SMILES string of the molecule is Cc1ncc2c(n1)N(CCC=O)CCC2=O. The standard InChI is InChI=1S/C11H13N3O2/c1-8-12-7-9-10(16)3-5-14(4-2-6-15)11(9)13-8/h6-7H,2-5H2,1H3. The molecular formula is C11H13N3O2. The van der Waals surface area contributed by atoms with E-state index in [9.17, 15) is 9.59 Å². The number of carbonyl (C=O) groups is 2. The third kappa shape index (κ3) is 1.93. The summed E-state index contributed by atoms with van der Waals surface area (Å²) in [5, 5.41) is 0. The maximum absolute atomic E-state index is 11.6. The number of fused-ring (bicyclic) bond motifs is 1. The number of hydrogen-bond acceptors (Lipinski definition) is 5. The molecule has 0 saturated heterocycles. The molecule has 0 amide bonds. The summed E-state index contributed by atoms with van der Waals surface area (Å²) in [5.41, 5.74) is 0.572. The van der Waals surface area contributed by atoms with Crippen LogP contribution in [-0.2, 0) is 4.79 Å². The van der Waals surface area contributed by atoms with Crippen molar-refractivity contribution in [3.63, 3.8) is 0 Å². The van der Waals surface area contributed by atoms with E-state index in [2.05, 4.69) is 9.97 Å². The highest BCUT2D eigenvalue weighted by Crippen LogP contribution is 2.24. The molecule has 1 aromatic rings. The van der Waals surface area contributed by atoms with Crippen molar-refractivity contribution in [1.82, 2.24) is 9.97 Å². The number of rotatable bonds is 3. The van der Waals surface area contributed by atoms with Crippen molar-refractivity contribution in [2.24, 2.45) is 0 Å². The lowest BCUT2D eigenvalue weighted by atomic mass is 10.1. The Balaban J connectivity index is 2.33. The van der Waals surface area contributed by atoms with Gasteiger partial charge in [0.15, 0.2) is 5.78 Å². The van der Waals surface area contributed by atoms with Gasteiger partial charge in [0.1, 0.15) is 17.9 Å². The minimum Gasteiger partial charge on any atom is -0.355 e. The largest absolute Gasteiger partial charge is 0.355 e. The topological polar surface area (TPSA) is 63.2 Å². The van der Waals surface area contributed by atoms with Gasteiger partial charge in [-0.2, -0.15) is 0 Å². The maximum Gasteiger partial charge on any atom is 0.169 e. The summed E-state index contributed by atoms with van der Waals surface area (Å²) in [7, 11) is 0. The molecule has 0 radical (unpaired) electrons. The van der Waals surface area contributed by atoms with Crippen molar-refractivity contribution in [3.8, 4) is 0 Å². The molecule has 0 N–H and O–H groups in total. The molecule has 1 aliphatic rings. The molecule has 2 rings (SSSR count). The van der Waals surface area contributed by atoms with Crippen LogP contribution < -0.4 is 4.90 Å². The van der Waals surface area contributed by atoms with E-state index in [1.807, 2.05) is 4.90 Å². The molecule has 0 spiro atoms. The molecule has 16 heavy (non-hydrogen) atoms. The third-order valence-corrected chi connectivity index (χ3v) is 2.61. The van der Waals surface area contributed by atoms with Crippen LogP contribution in [0.2, 0.25) is 0 Å². The zero-order valence-corrected chi connectivity index (χ0v) is 9.14. The molecule has 0 aliphatic carbocycles. The lowest BCUT2D eigenvalue weighted by molar-refractivity contribution is -0.107. The van der Waals surface area contributed by atoms with E-state index in [1.165, 1.54) is 0 Å². The highest BCUT2D eigenvalue weighted by Gasteiger charge is 2.24. The minimum atomic E-state index is 0.0809. The second-order valence-corrected chi connectivity index (χ2v) is 3.77. The fourth-order valence-corrected chi connectivity index (χ4v) is 1.80. The first kappa shape index (κ1) is 10.7. The summed E-state index contributed by atoms with van der Waals surface area (Å²) in [6.07, 6.45) is 3.38. The summed E-state index contributed by atoms with van der Waals surface area (Å²) in [6, 6.07) is 0. The van der Waals surface area contributed by atoms with Gasteiger partial charge in [0.2, 0.25) is 0 Å². The van der Waals surface area contributed by atoms with E-state index in [4.69, 9.17) is 0 Å². The summed E-state index contributed by atoms with van der Waals surface area (Å²) in [4.78, 5) is 32.3. The zero-order valence-electron chi connectivity index (χ0n) is 9.14. The molecule has 0 unspecified atom stereocenters. The van der Waals surface area contributed by atoms with Crippen molar-refractivity contribution in [1.29, 1.82) is 0 Å². The Hall–Kier alpha value is -1.78. The predicted molar refractivity (Wildman–Crippen MR) is 58.6 cm³/mol. The molecule has 1 aliphatic heterocycles. The van der Waals surface area contributed by atoms with Crippen LogP contribution in [0.3, 0.4) is 0 Å². The summed E-state index contributed by atoms with van der Waals surface area (Å²) in [6.45, 7) is 3.04. The molecule has 0 fully saturated rings. The van der Waals surface area contributed by atoms with Crippen LogP contribution in [0, 0.1) is 6.92 Å². The molecule has 0 aromatic carbocycles. The van der Waals surface area contributed by atoms with Crippen molar-refractivity contribution in [2.45, 2.75) is 19.8 Å². The average molecular weight is 219 g/mol. The van der Waals surface area contributed by atoms with Gasteiger partial charge in [0, 0.05) is 32.1 Å². The highest BCUT2D eigenvalue weighted by atomic mass is 16.1.